The maximum absolute atomic E-state index is 5.43. The third-order valence-corrected chi connectivity index (χ3v) is 3.05. The summed E-state index contributed by atoms with van der Waals surface area (Å²) in [6, 6.07) is 4.06. The summed E-state index contributed by atoms with van der Waals surface area (Å²) in [6.07, 6.45) is 0. The first kappa shape index (κ1) is 12.0. The first-order chi connectivity index (χ1) is 8.26. The molecule has 0 saturated carbocycles. The Morgan fingerprint density at radius 1 is 1.06 bits per heavy atom. The van der Waals surface area contributed by atoms with Crippen LogP contribution in [0.4, 0.5) is 5.69 Å². The highest BCUT2D eigenvalue weighted by molar-refractivity contribution is 5.63. The van der Waals surface area contributed by atoms with Crippen LogP contribution in [0.2, 0.25) is 0 Å². The van der Waals surface area contributed by atoms with E-state index in [1.54, 1.807) is 14.2 Å². The number of anilines is 1. The van der Waals surface area contributed by atoms with Crippen LogP contribution >= 0.6 is 0 Å². The second kappa shape index (κ2) is 5.27. The van der Waals surface area contributed by atoms with Gasteiger partial charge in [-0.3, -0.25) is 0 Å². The molecule has 2 rings (SSSR count). The van der Waals surface area contributed by atoms with Crippen molar-refractivity contribution >= 4 is 5.69 Å². The van der Waals surface area contributed by atoms with Crippen molar-refractivity contribution in [2.24, 2.45) is 0 Å². The molecule has 0 radical (unpaired) electrons. The van der Waals surface area contributed by atoms with E-state index in [9.17, 15) is 0 Å². The molecule has 0 spiro atoms. The number of hydrogen-bond donors (Lipinski definition) is 0. The summed E-state index contributed by atoms with van der Waals surface area (Å²) in [4.78, 5) is 2.29. The molecule has 1 fully saturated rings. The van der Waals surface area contributed by atoms with Gasteiger partial charge in [-0.1, -0.05) is 0 Å². The quantitative estimate of drug-likeness (QED) is 0.802. The van der Waals surface area contributed by atoms with Crippen LogP contribution in [0.1, 0.15) is 5.56 Å². The van der Waals surface area contributed by atoms with Gasteiger partial charge in [-0.15, -0.1) is 0 Å². The Balaban J connectivity index is 2.34. The fourth-order valence-electron chi connectivity index (χ4n) is 2.09. The molecule has 17 heavy (non-hydrogen) atoms. The van der Waals surface area contributed by atoms with E-state index in [-0.39, 0.29) is 0 Å². The van der Waals surface area contributed by atoms with Gasteiger partial charge >= 0.3 is 0 Å². The van der Waals surface area contributed by atoms with Crippen LogP contribution in [0.25, 0.3) is 0 Å². The average molecular weight is 237 g/mol. The fourth-order valence-corrected chi connectivity index (χ4v) is 2.09. The predicted octanol–water partition coefficient (Wildman–Crippen LogP) is 1.85. The molecule has 0 bridgehead atoms. The van der Waals surface area contributed by atoms with Crippen molar-refractivity contribution in [3.63, 3.8) is 0 Å². The van der Waals surface area contributed by atoms with Gasteiger partial charge in [0, 0.05) is 19.2 Å². The fraction of sp³-hybridized carbons (Fsp3) is 0.538. The highest BCUT2D eigenvalue weighted by Crippen LogP contribution is 2.35. The molecule has 94 valence electrons. The smallest absolute Gasteiger partial charge is 0.145 e. The van der Waals surface area contributed by atoms with Gasteiger partial charge in [-0.05, 0) is 18.6 Å². The summed E-state index contributed by atoms with van der Waals surface area (Å²) < 4.78 is 16.1. The molecule has 4 heteroatoms. The number of morpholine rings is 1. The number of hydrogen-bond acceptors (Lipinski definition) is 4. The van der Waals surface area contributed by atoms with Crippen molar-refractivity contribution in [2.45, 2.75) is 6.92 Å². The predicted molar refractivity (Wildman–Crippen MR) is 67.3 cm³/mol. The number of benzene rings is 1. The van der Waals surface area contributed by atoms with Crippen LogP contribution in [0.15, 0.2) is 12.1 Å². The molecule has 1 saturated heterocycles. The number of nitrogens with zero attached hydrogens (tertiary/aromatic N) is 1. The van der Waals surface area contributed by atoms with E-state index in [0.717, 1.165) is 49.1 Å². The molecular weight excluding hydrogens is 218 g/mol. The lowest BCUT2D eigenvalue weighted by Crippen LogP contribution is -2.36. The highest BCUT2D eigenvalue weighted by atomic mass is 16.5. The summed E-state index contributed by atoms with van der Waals surface area (Å²) >= 11 is 0. The van der Waals surface area contributed by atoms with Crippen LogP contribution in [-0.4, -0.2) is 40.5 Å². The van der Waals surface area contributed by atoms with Crippen molar-refractivity contribution in [2.75, 3.05) is 45.4 Å². The standard InChI is InChI=1S/C13H19NO3/c1-10-8-11(14-4-6-17-7-5-14)13(16-3)9-12(10)15-2/h8-9H,4-7H2,1-3H3. The molecule has 0 unspecified atom stereocenters. The van der Waals surface area contributed by atoms with Crippen LogP contribution in [0, 0.1) is 6.92 Å². The van der Waals surface area contributed by atoms with Gasteiger partial charge in [0.2, 0.25) is 0 Å². The Bertz CT molecular complexity index is 386. The summed E-state index contributed by atoms with van der Waals surface area (Å²) in [5.41, 5.74) is 2.24. The van der Waals surface area contributed by atoms with Gasteiger partial charge in [0.15, 0.2) is 0 Å². The average Bonchev–Trinajstić information content (AvgIpc) is 2.39. The third-order valence-electron chi connectivity index (χ3n) is 3.05. The normalized spacial score (nSPS) is 15.8. The van der Waals surface area contributed by atoms with Gasteiger partial charge in [0.25, 0.3) is 0 Å². The zero-order chi connectivity index (χ0) is 12.3. The van der Waals surface area contributed by atoms with E-state index in [2.05, 4.69) is 11.0 Å². The zero-order valence-electron chi connectivity index (χ0n) is 10.7. The molecule has 0 atom stereocenters. The molecule has 0 amide bonds. The van der Waals surface area contributed by atoms with Crippen LogP contribution in [0.3, 0.4) is 0 Å². The lowest BCUT2D eigenvalue weighted by molar-refractivity contribution is 0.122. The minimum atomic E-state index is 0.772. The van der Waals surface area contributed by atoms with Gasteiger partial charge in [-0.25, -0.2) is 0 Å². The summed E-state index contributed by atoms with van der Waals surface area (Å²) in [7, 11) is 3.37. The van der Waals surface area contributed by atoms with E-state index in [0.29, 0.717) is 0 Å². The largest absolute Gasteiger partial charge is 0.496 e. The first-order valence-electron chi connectivity index (χ1n) is 5.81. The van der Waals surface area contributed by atoms with E-state index in [1.165, 1.54) is 0 Å². The Kier molecular flexibility index (Phi) is 3.74. The van der Waals surface area contributed by atoms with E-state index in [4.69, 9.17) is 14.2 Å². The molecule has 1 aromatic rings. The van der Waals surface area contributed by atoms with Gasteiger partial charge in [0.05, 0.1) is 33.1 Å². The highest BCUT2D eigenvalue weighted by Gasteiger charge is 2.17. The molecule has 1 aliphatic heterocycles. The monoisotopic (exact) mass is 237 g/mol. The minimum absolute atomic E-state index is 0.772. The molecule has 0 aromatic heterocycles. The third kappa shape index (κ3) is 2.47. The van der Waals surface area contributed by atoms with Crippen molar-refractivity contribution < 1.29 is 14.2 Å². The van der Waals surface area contributed by atoms with Crippen molar-refractivity contribution in [3.8, 4) is 11.5 Å². The van der Waals surface area contributed by atoms with Gasteiger partial charge < -0.3 is 19.1 Å². The number of rotatable bonds is 3. The Labute approximate surface area is 102 Å². The van der Waals surface area contributed by atoms with E-state index in [1.807, 2.05) is 13.0 Å². The molecule has 0 N–H and O–H groups in total. The molecule has 1 heterocycles. The summed E-state index contributed by atoms with van der Waals surface area (Å²) in [5.74, 6) is 1.72. The SMILES string of the molecule is COc1cc(OC)c(N2CCOCC2)cc1C. The number of ether oxygens (including phenoxy) is 3. The van der Waals surface area contributed by atoms with Crippen molar-refractivity contribution in [1.29, 1.82) is 0 Å². The second-order valence-corrected chi connectivity index (χ2v) is 4.09. The topological polar surface area (TPSA) is 30.9 Å². The second-order valence-electron chi connectivity index (χ2n) is 4.09. The van der Waals surface area contributed by atoms with E-state index < -0.39 is 0 Å². The molecule has 1 aromatic carbocycles. The Morgan fingerprint density at radius 3 is 2.29 bits per heavy atom. The van der Waals surface area contributed by atoms with Crippen molar-refractivity contribution in [1.82, 2.24) is 0 Å². The van der Waals surface area contributed by atoms with Gasteiger partial charge in [0.1, 0.15) is 11.5 Å². The van der Waals surface area contributed by atoms with Crippen molar-refractivity contribution in [3.05, 3.63) is 17.7 Å². The summed E-state index contributed by atoms with van der Waals surface area (Å²) in [5, 5.41) is 0. The van der Waals surface area contributed by atoms with E-state index >= 15 is 0 Å². The van der Waals surface area contributed by atoms with Crippen LogP contribution in [-0.2, 0) is 4.74 Å². The molecule has 4 nitrogen and oxygen atoms in total. The Morgan fingerprint density at radius 2 is 1.71 bits per heavy atom. The summed E-state index contributed by atoms with van der Waals surface area (Å²) in [6.45, 7) is 5.40. The van der Waals surface area contributed by atoms with Crippen LogP contribution < -0.4 is 14.4 Å². The zero-order valence-corrected chi connectivity index (χ0v) is 10.7. The maximum atomic E-state index is 5.43. The molecule has 0 aliphatic carbocycles. The number of aryl methyl sites for hydroxylation is 1. The molecule has 1 aliphatic rings. The molecular formula is C13H19NO3. The van der Waals surface area contributed by atoms with Gasteiger partial charge in [-0.2, -0.15) is 0 Å². The lowest BCUT2D eigenvalue weighted by Gasteiger charge is -2.30. The minimum Gasteiger partial charge on any atom is -0.496 e. The number of methoxy groups -OCH3 is 2. The Hall–Kier alpha value is -1.42. The lowest BCUT2D eigenvalue weighted by atomic mass is 10.1. The maximum Gasteiger partial charge on any atom is 0.145 e. The van der Waals surface area contributed by atoms with Crippen LogP contribution in [0.5, 0.6) is 11.5 Å². The first-order valence-corrected chi connectivity index (χ1v) is 5.81.